The number of phenolic OH excluding ortho intramolecular Hbond substituents is 1. The fourth-order valence-corrected chi connectivity index (χ4v) is 5.91. The van der Waals surface area contributed by atoms with Crippen LogP contribution in [0.15, 0.2) is 107 Å². The lowest BCUT2D eigenvalue weighted by Crippen LogP contribution is -2.39. The van der Waals surface area contributed by atoms with E-state index in [1.54, 1.807) is 36.4 Å². The number of methoxy groups -OCH3 is 1. The highest BCUT2D eigenvalue weighted by molar-refractivity contribution is 7.99. The van der Waals surface area contributed by atoms with E-state index in [4.69, 9.17) is 25.2 Å². The van der Waals surface area contributed by atoms with Crippen molar-refractivity contribution in [3.8, 4) is 11.5 Å². The van der Waals surface area contributed by atoms with Gasteiger partial charge in [0, 0.05) is 34.5 Å². The van der Waals surface area contributed by atoms with Gasteiger partial charge >= 0.3 is 11.9 Å². The van der Waals surface area contributed by atoms with Gasteiger partial charge in [-0.3, -0.25) is 4.79 Å². The number of aliphatic hydroxyl groups is 2. The number of carboxylic acid groups (broad SMARTS) is 2. The molecule has 1 aliphatic heterocycles. The van der Waals surface area contributed by atoms with Gasteiger partial charge in [0.05, 0.1) is 24.0 Å². The number of carboxylic acids is 2. The van der Waals surface area contributed by atoms with E-state index in [0.29, 0.717) is 17.2 Å². The van der Waals surface area contributed by atoms with Crippen LogP contribution in [0.4, 0.5) is 11.4 Å². The number of benzene rings is 4. The van der Waals surface area contributed by atoms with Gasteiger partial charge in [0.1, 0.15) is 11.5 Å². The van der Waals surface area contributed by atoms with Crippen LogP contribution < -0.4 is 9.64 Å². The molecule has 4 aromatic carbocycles. The van der Waals surface area contributed by atoms with E-state index < -0.39 is 24.1 Å². The minimum Gasteiger partial charge on any atom is -0.507 e. The Bertz CT molecular complexity index is 1620. The molecule has 0 spiro atoms. The summed E-state index contributed by atoms with van der Waals surface area (Å²) < 4.78 is 4.96. The van der Waals surface area contributed by atoms with E-state index in [1.165, 1.54) is 34.3 Å². The van der Waals surface area contributed by atoms with E-state index in [1.807, 2.05) is 17.8 Å². The van der Waals surface area contributed by atoms with Gasteiger partial charge in [-0.1, -0.05) is 73.3 Å². The summed E-state index contributed by atoms with van der Waals surface area (Å²) >= 11 is 1.88. The molecular formula is C36H40N2O9S. The largest absolute Gasteiger partial charge is 0.507 e. The minimum atomic E-state index is -2.27. The van der Waals surface area contributed by atoms with Gasteiger partial charge in [0.2, 0.25) is 0 Å². The molecule has 5 N–H and O–H groups in total. The van der Waals surface area contributed by atoms with Crippen molar-refractivity contribution in [1.82, 2.24) is 4.90 Å². The van der Waals surface area contributed by atoms with Crippen molar-refractivity contribution in [2.24, 2.45) is 5.92 Å². The number of aromatic hydroxyl groups is 1. The van der Waals surface area contributed by atoms with Crippen LogP contribution in [0, 0.1) is 5.92 Å². The monoisotopic (exact) mass is 676 g/mol. The second kappa shape index (κ2) is 17.9. The number of hydrogen-bond acceptors (Lipinski definition) is 10. The van der Waals surface area contributed by atoms with E-state index in [0.717, 1.165) is 13.1 Å². The third-order valence-electron chi connectivity index (χ3n) is 6.99. The number of aliphatic carboxylic acids is 2. The molecule has 0 bridgehead atoms. The van der Waals surface area contributed by atoms with Gasteiger partial charge in [-0.05, 0) is 56.4 Å². The number of hydrogen-bond donors (Lipinski definition) is 5. The minimum absolute atomic E-state index is 0.0711. The second-order valence-corrected chi connectivity index (χ2v) is 12.2. The lowest BCUT2D eigenvalue weighted by atomic mass is 10.0. The van der Waals surface area contributed by atoms with Gasteiger partial charge < -0.3 is 40.1 Å². The Kier molecular flexibility index (Phi) is 14.0. The first-order valence-corrected chi connectivity index (χ1v) is 15.7. The molecule has 1 heterocycles. The van der Waals surface area contributed by atoms with Gasteiger partial charge in [-0.2, -0.15) is 0 Å². The molecule has 254 valence electrons. The Morgan fingerprint density at radius 1 is 0.792 bits per heavy atom. The molecule has 0 radical (unpaired) electrons. The summed E-state index contributed by atoms with van der Waals surface area (Å²) in [6.07, 6.45) is -4.53. The lowest BCUT2D eigenvalue weighted by Gasteiger charge is -2.35. The molecule has 0 amide bonds. The normalized spacial score (nSPS) is 13.3. The van der Waals surface area contributed by atoms with Gasteiger partial charge in [-0.15, -0.1) is 0 Å². The van der Waals surface area contributed by atoms with Crippen LogP contribution in [0.25, 0.3) is 0 Å². The van der Waals surface area contributed by atoms with Crippen molar-refractivity contribution < 1.29 is 44.7 Å². The number of anilines is 2. The number of phenols is 1. The highest BCUT2D eigenvalue weighted by atomic mass is 32.2. The average Bonchev–Trinajstić information content (AvgIpc) is 3.07. The molecule has 4 aromatic rings. The lowest BCUT2D eigenvalue weighted by molar-refractivity contribution is -0.165. The van der Waals surface area contributed by atoms with E-state index in [2.05, 4.69) is 79.3 Å². The number of ketones is 1. The molecule has 12 heteroatoms. The Morgan fingerprint density at radius 2 is 1.29 bits per heavy atom. The van der Waals surface area contributed by atoms with Gasteiger partial charge in [0.15, 0.2) is 18.0 Å². The fourth-order valence-electron chi connectivity index (χ4n) is 4.82. The number of ether oxygens (including phenoxy) is 1. The first-order chi connectivity index (χ1) is 22.8. The standard InChI is InChI=1S/C18H22N2S.C14H12O3.C4H6O6/c1-14(12-19(2)3)13-20-15-8-4-6-10-17(15)21-18-11-7-5-9-16(18)20;1-17-11-7-8-12(13(15)9-11)14(16)10-5-3-2-4-6-10;5-1(3(7)8)2(6)4(9)10/h4-11,14H,12-13H2,1-3H3;2-9,15H,1H3;1-2,5-6H,(H,7,8)(H,9,10). The van der Waals surface area contributed by atoms with E-state index >= 15 is 0 Å². The molecule has 0 fully saturated rings. The molecule has 0 saturated carbocycles. The average molecular weight is 677 g/mol. The summed E-state index contributed by atoms with van der Waals surface area (Å²) in [4.78, 5) is 39.1. The molecular weight excluding hydrogens is 636 g/mol. The fraction of sp³-hybridized carbons (Fsp3) is 0.250. The Hall–Kier alpha value is -4.88. The molecule has 0 aliphatic carbocycles. The maximum absolute atomic E-state index is 12.1. The van der Waals surface area contributed by atoms with Crippen molar-refractivity contribution in [2.75, 3.05) is 39.2 Å². The zero-order chi connectivity index (χ0) is 35.4. The number of rotatable bonds is 10. The smallest absolute Gasteiger partial charge is 0.335 e. The molecule has 11 nitrogen and oxygen atoms in total. The van der Waals surface area contributed by atoms with Crippen molar-refractivity contribution >= 4 is 40.9 Å². The molecule has 3 unspecified atom stereocenters. The van der Waals surface area contributed by atoms with Gasteiger partial charge in [-0.25, -0.2) is 9.59 Å². The molecule has 5 rings (SSSR count). The van der Waals surface area contributed by atoms with Crippen LogP contribution >= 0.6 is 11.8 Å². The highest BCUT2D eigenvalue weighted by Gasteiger charge is 2.29. The van der Waals surface area contributed by atoms with Crippen molar-refractivity contribution in [3.05, 3.63) is 108 Å². The Labute approximate surface area is 283 Å². The van der Waals surface area contributed by atoms with Crippen LogP contribution in [0.1, 0.15) is 22.8 Å². The summed E-state index contributed by atoms with van der Waals surface area (Å²) in [7, 11) is 5.79. The molecule has 48 heavy (non-hydrogen) atoms. The van der Waals surface area contributed by atoms with Crippen LogP contribution in [0.3, 0.4) is 0 Å². The quantitative estimate of drug-likeness (QED) is 0.143. The Morgan fingerprint density at radius 3 is 1.75 bits per heavy atom. The molecule has 1 aliphatic rings. The van der Waals surface area contributed by atoms with Crippen LogP contribution in [0.2, 0.25) is 0 Å². The number of aliphatic hydroxyl groups excluding tert-OH is 2. The first-order valence-electron chi connectivity index (χ1n) is 14.9. The maximum atomic E-state index is 12.1. The molecule has 0 aromatic heterocycles. The number of carbonyl (C=O) groups excluding carboxylic acids is 1. The first kappa shape index (κ1) is 37.6. The number of para-hydroxylation sites is 2. The number of fused-ring (bicyclic) bond motifs is 2. The SMILES string of the molecule is CC(CN(C)C)CN1c2ccccc2Sc2ccccc21.COc1ccc(C(=O)c2ccccc2)c(O)c1.O=C(O)C(O)C(O)C(=O)O. The summed E-state index contributed by atoms with van der Waals surface area (Å²) in [5.41, 5.74) is 3.50. The molecule has 3 atom stereocenters. The topological polar surface area (TPSA) is 168 Å². The van der Waals surface area contributed by atoms with Crippen molar-refractivity contribution in [1.29, 1.82) is 0 Å². The third-order valence-corrected chi connectivity index (χ3v) is 8.12. The predicted octanol–water partition coefficient (Wildman–Crippen LogP) is 5.00. The summed E-state index contributed by atoms with van der Waals surface area (Å²) in [5, 5.41) is 42.3. The van der Waals surface area contributed by atoms with Gasteiger partial charge in [0.25, 0.3) is 0 Å². The number of nitrogens with zero attached hydrogens (tertiary/aromatic N) is 2. The summed E-state index contributed by atoms with van der Waals surface area (Å²) in [6.45, 7) is 4.48. The van der Waals surface area contributed by atoms with E-state index in [9.17, 15) is 19.5 Å². The van der Waals surface area contributed by atoms with Crippen LogP contribution in [-0.4, -0.2) is 94.7 Å². The summed E-state index contributed by atoms with van der Waals surface area (Å²) in [6, 6.07) is 30.9. The zero-order valence-corrected chi connectivity index (χ0v) is 27.9. The maximum Gasteiger partial charge on any atom is 0.335 e. The Balaban J connectivity index is 0.000000209. The third kappa shape index (κ3) is 10.3. The van der Waals surface area contributed by atoms with Crippen molar-refractivity contribution in [3.63, 3.8) is 0 Å². The number of carbonyl (C=O) groups is 3. The highest BCUT2D eigenvalue weighted by Crippen LogP contribution is 2.48. The summed E-state index contributed by atoms with van der Waals surface area (Å²) in [5.74, 6) is -2.68. The molecule has 0 saturated heterocycles. The second-order valence-electron chi connectivity index (χ2n) is 11.2. The predicted molar refractivity (Wildman–Crippen MR) is 184 cm³/mol. The van der Waals surface area contributed by atoms with Crippen LogP contribution in [-0.2, 0) is 9.59 Å². The zero-order valence-electron chi connectivity index (χ0n) is 27.1. The van der Waals surface area contributed by atoms with Crippen LogP contribution in [0.5, 0.6) is 11.5 Å². The van der Waals surface area contributed by atoms with E-state index in [-0.39, 0.29) is 17.1 Å². The van der Waals surface area contributed by atoms with Crippen molar-refractivity contribution in [2.45, 2.75) is 28.9 Å².